The fraction of sp³-hybridized carbons (Fsp3) is 0.172. The van der Waals surface area contributed by atoms with Crippen LogP contribution in [0.25, 0.3) is 10.8 Å². The molecule has 5 nitrogen and oxygen atoms in total. The molecule has 2 amide bonds. The molecule has 0 aliphatic carbocycles. The second-order valence-electron chi connectivity index (χ2n) is 8.36. The fourth-order valence-electron chi connectivity index (χ4n) is 4.53. The third kappa shape index (κ3) is 4.25. The number of rotatable bonds is 6. The normalized spacial score (nSPS) is 13.0. The quantitative estimate of drug-likeness (QED) is 0.394. The van der Waals surface area contributed by atoms with Gasteiger partial charge in [0, 0.05) is 17.8 Å². The smallest absolute Gasteiger partial charge is 0.260 e. The van der Waals surface area contributed by atoms with Crippen LogP contribution in [0.5, 0.6) is 5.75 Å². The first kappa shape index (κ1) is 21.7. The van der Waals surface area contributed by atoms with Crippen molar-refractivity contribution >= 4 is 34.0 Å². The van der Waals surface area contributed by atoms with Crippen LogP contribution in [-0.4, -0.2) is 18.4 Å². The van der Waals surface area contributed by atoms with E-state index in [9.17, 15) is 9.59 Å². The van der Waals surface area contributed by atoms with Gasteiger partial charge in [0.15, 0.2) is 0 Å². The van der Waals surface area contributed by atoms with Gasteiger partial charge >= 0.3 is 0 Å². The summed E-state index contributed by atoms with van der Waals surface area (Å²) in [5.41, 5.74) is 4.27. The second kappa shape index (κ2) is 9.40. The van der Waals surface area contributed by atoms with E-state index in [0.29, 0.717) is 43.0 Å². The van der Waals surface area contributed by atoms with E-state index in [4.69, 9.17) is 4.74 Å². The number of anilines is 2. The van der Waals surface area contributed by atoms with E-state index in [0.717, 1.165) is 27.6 Å². The van der Waals surface area contributed by atoms with Crippen LogP contribution in [0.3, 0.4) is 0 Å². The van der Waals surface area contributed by atoms with Gasteiger partial charge in [0.2, 0.25) is 5.91 Å². The van der Waals surface area contributed by atoms with E-state index >= 15 is 0 Å². The van der Waals surface area contributed by atoms with E-state index in [1.54, 1.807) is 0 Å². The summed E-state index contributed by atoms with van der Waals surface area (Å²) in [7, 11) is 0. The first-order valence-corrected chi connectivity index (χ1v) is 11.6. The summed E-state index contributed by atoms with van der Waals surface area (Å²) < 4.78 is 5.77. The number of hydrogen-bond donors (Lipinski definition) is 1. The molecular formula is C29H26N2O3. The summed E-state index contributed by atoms with van der Waals surface area (Å²) >= 11 is 0. The molecule has 170 valence electrons. The topological polar surface area (TPSA) is 58.6 Å². The Kier molecular flexibility index (Phi) is 6.00. The Morgan fingerprint density at radius 1 is 0.941 bits per heavy atom. The third-order valence-electron chi connectivity index (χ3n) is 6.14. The van der Waals surface area contributed by atoms with Gasteiger partial charge in [0.1, 0.15) is 5.75 Å². The Labute approximate surface area is 199 Å². The van der Waals surface area contributed by atoms with Gasteiger partial charge in [-0.15, -0.1) is 0 Å². The number of amides is 2. The summed E-state index contributed by atoms with van der Waals surface area (Å²) in [6, 6.07) is 27.4. The van der Waals surface area contributed by atoms with Crippen LogP contribution in [0.4, 0.5) is 11.4 Å². The zero-order valence-corrected chi connectivity index (χ0v) is 19.1. The van der Waals surface area contributed by atoms with Gasteiger partial charge in [-0.2, -0.15) is 0 Å². The van der Waals surface area contributed by atoms with Gasteiger partial charge in [-0.05, 0) is 59.5 Å². The first-order valence-electron chi connectivity index (χ1n) is 11.6. The molecule has 1 N–H and O–H groups in total. The molecule has 0 saturated heterocycles. The zero-order chi connectivity index (χ0) is 23.5. The standard InChI is InChI=1S/C29H26N2O3/c1-2-34-26-16-12-21-10-6-7-11-24(21)28(26)29(33)30-23-14-15-25-22(18-23)13-17-27(32)31(25)19-20-8-4-3-5-9-20/h3-12,14-16,18H,2,13,17,19H2,1H3,(H,30,33). The molecule has 0 saturated carbocycles. The number of ether oxygens (including phenoxy) is 1. The lowest BCUT2D eigenvalue weighted by Gasteiger charge is -2.30. The zero-order valence-electron chi connectivity index (χ0n) is 19.1. The molecule has 1 heterocycles. The fourth-order valence-corrected chi connectivity index (χ4v) is 4.53. The number of carbonyl (C=O) groups is 2. The number of hydrogen-bond acceptors (Lipinski definition) is 3. The highest BCUT2D eigenvalue weighted by Crippen LogP contribution is 2.33. The minimum Gasteiger partial charge on any atom is -0.493 e. The summed E-state index contributed by atoms with van der Waals surface area (Å²) in [4.78, 5) is 27.9. The van der Waals surface area contributed by atoms with Crippen molar-refractivity contribution in [2.24, 2.45) is 0 Å². The van der Waals surface area contributed by atoms with Gasteiger partial charge in [0.05, 0.1) is 18.7 Å². The number of carbonyl (C=O) groups excluding carboxylic acids is 2. The van der Waals surface area contributed by atoms with E-state index in [2.05, 4.69) is 5.32 Å². The Morgan fingerprint density at radius 2 is 1.74 bits per heavy atom. The van der Waals surface area contributed by atoms with Gasteiger partial charge in [0.25, 0.3) is 5.91 Å². The number of benzene rings is 4. The Bertz CT molecular complexity index is 1360. The van der Waals surface area contributed by atoms with Crippen molar-refractivity contribution in [2.45, 2.75) is 26.3 Å². The number of aryl methyl sites for hydroxylation is 1. The molecule has 0 radical (unpaired) electrons. The molecule has 0 bridgehead atoms. The van der Waals surface area contributed by atoms with E-state index < -0.39 is 0 Å². The molecule has 0 spiro atoms. The Balaban J connectivity index is 1.44. The molecule has 1 aliphatic rings. The molecule has 0 aromatic heterocycles. The van der Waals surface area contributed by atoms with Crippen molar-refractivity contribution in [1.82, 2.24) is 0 Å². The highest BCUT2D eigenvalue weighted by atomic mass is 16.5. The average molecular weight is 451 g/mol. The maximum absolute atomic E-state index is 13.4. The predicted molar refractivity (Wildman–Crippen MR) is 135 cm³/mol. The molecular weight excluding hydrogens is 424 g/mol. The van der Waals surface area contributed by atoms with Crippen LogP contribution >= 0.6 is 0 Å². The summed E-state index contributed by atoms with van der Waals surface area (Å²) in [6.07, 6.45) is 1.11. The highest BCUT2D eigenvalue weighted by Gasteiger charge is 2.25. The first-order chi connectivity index (χ1) is 16.6. The third-order valence-corrected chi connectivity index (χ3v) is 6.14. The maximum atomic E-state index is 13.4. The van der Waals surface area contributed by atoms with Gasteiger partial charge in [-0.25, -0.2) is 0 Å². The van der Waals surface area contributed by atoms with E-state index in [1.165, 1.54) is 0 Å². The second-order valence-corrected chi connectivity index (χ2v) is 8.36. The van der Waals surface area contributed by atoms with Crippen LogP contribution in [0, 0.1) is 0 Å². The summed E-state index contributed by atoms with van der Waals surface area (Å²) in [5.74, 6) is 0.467. The molecule has 0 fully saturated rings. The largest absolute Gasteiger partial charge is 0.493 e. The molecule has 34 heavy (non-hydrogen) atoms. The van der Waals surface area contributed by atoms with Gasteiger partial charge in [-0.1, -0.05) is 60.7 Å². The van der Waals surface area contributed by atoms with Crippen LogP contribution in [0.15, 0.2) is 84.9 Å². The van der Waals surface area contributed by atoms with Crippen molar-refractivity contribution in [3.63, 3.8) is 0 Å². The van der Waals surface area contributed by atoms with Crippen LogP contribution in [0.1, 0.15) is 34.8 Å². The van der Waals surface area contributed by atoms with Crippen molar-refractivity contribution in [2.75, 3.05) is 16.8 Å². The molecule has 0 atom stereocenters. The van der Waals surface area contributed by atoms with Crippen molar-refractivity contribution in [3.05, 3.63) is 102 Å². The average Bonchev–Trinajstić information content (AvgIpc) is 2.86. The van der Waals surface area contributed by atoms with Crippen molar-refractivity contribution in [1.29, 1.82) is 0 Å². The SMILES string of the molecule is CCOc1ccc2ccccc2c1C(=O)Nc1ccc2c(c1)CCC(=O)N2Cc1ccccc1. The number of nitrogens with one attached hydrogen (secondary N) is 1. The van der Waals surface area contributed by atoms with Gasteiger partial charge < -0.3 is 15.0 Å². The lowest BCUT2D eigenvalue weighted by Crippen LogP contribution is -2.34. The highest BCUT2D eigenvalue weighted by molar-refractivity contribution is 6.15. The Hall–Kier alpha value is -4.12. The molecule has 0 unspecified atom stereocenters. The lowest BCUT2D eigenvalue weighted by molar-refractivity contribution is -0.119. The monoisotopic (exact) mass is 450 g/mol. The van der Waals surface area contributed by atoms with Crippen LogP contribution in [0.2, 0.25) is 0 Å². The minimum atomic E-state index is -0.215. The molecule has 1 aliphatic heterocycles. The molecule has 4 aromatic carbocycles. The van der Waals surface area contributed by atoms with Gasteiger partial charge in [-0.3, -0.25) is 9.59 Å². The van der Waals surface area contributed by atoms with Crippen LogP contribution < -0.4 is 15.0 Å². The van der Waals surface area contributed by atoms with E-state index in [-0.39, 0.29) is 11.8 Å². The maximum Gasteiger partial charge on any atom is 0.260 e. The van der Waals surface area contributed by atoms with Crippen molar-refractivity contribution < 1.29 is 14.3 Å². The Morgan fingerprint density at radius 3 is 2.56 bits per heavy atom. The number of nitrogens with zero attached hydrogens (tertiary/aromatic N) is 1. The summed E-state index contributed by atoms with van der Waals surface area (Å²) in [5, 5.41) is 4.89. The van der Waals surface area contributed by atoms with Crippen LogP contribution in [-0.2, 0) is 17.8 Å². The summed E-state index contributed by atoms with van der Waals surface area (Å²) in [6.45, 7) is 2.91. The van der Waals surface area contributed by atoms with Crippen molar-refractivity contribution in [3.8, 4) is 5.75 Å². The lowest BCUT2D eigenvalue weighted by atomic mass is 9.99. The molecule has 4 aromatic rings. The minimum absolute atomic E-state index is 0.116. The number of fused-ring (bicyclic) bond motifs is 2. The molecule has 5 heteroatoms. The predicted octanol–water partition coefficient (Wildman–Crippen LogP) is 5.97. The van der Waals surface area contributed by atoms with E-state index in [1.807, 2.05) is 96.8 Å². The molecule has 5 rings (SSSR count).